The first-order chi connectivity index (χ1) is 8.17. The van der Waals surface area contributed by atoms with Crippen molar-refractivity contribution in [2.24, 2.45) is 13.0 Å². The van der Waals surface area contributed by atoms with E-state index in [1.54, 1.807) is 0 Å². The van der Waals surface area contributed by atoms with Crippen LogP contribution in [0.15, 0.2) is 12.4 Å². The first kappa shape index (κ1) is 14.2. The number of likely N-dealkylation sites (N-methyl/N-ethyl adjacent to an activating group) is 1. The molecular formula is C14H27N3. The summed E-state index contributed by atoms with van der Waals surface area (Å²) >= 11 is 0. The van der Waals surface area contributed by atoms with Crippen molar-refractivity contribution < 1.29 is 0 Å². The Kier molecular flexibility index (Phi) is 6.27. The predicted molar refractivity (Wildman–Crippen MR) is 73.1 cm³/mol. The second kappa shape index (κ2) is 7.49. The van der Waals surface area contributed by atoms with Gasteiger partial charge in [-0.25, -0.2) is 0 Å². The van der Waals surface area contributed by atoms with Crippen LogP contribution >= 0.6 is 0 Å². The molecule has 0 fully saturated rings. The normalized spacial score (nSPS) is 14.8. The Morgan fingerprint density at radius 2 is 2.18 bits per heavy atom. The average Bonchev–Trinajstić information content (AvgIpc) is 2.71. The first-order valence-electron chi connectivity index (χ1n) is 6.88. The number of rotatable bonds is 8. The molecule has 2 atom stereocenters. The van der Waals surface area contributed by atoms with E-state index in [0.717, 1.165) is 18.9 Å². The minimum atomic E-state index is 0.579. The van der Waals surface area contributed by atoms with Crippen molar-refractivity contribution in [2.45, 2.75) is 52.5 Å². The minimum Gasteiger partial charge on any atom is -0.314 e. The van der Waals surface area contributed by atoms with E-state index in [1.165, 1.54) is 24.8 Å². The highest BCUT2D eigenvalue weighted by atomic mass is 15.2. The third-order valence-corrected chi connectivity index (χ3v) is 3.38. The topological polar surface area (TPSA) is 29.9 Å². The molecule has 0 spiro atoms. The van der Waals surface area contributed by atoms with Gasteiger partial charge in [0.25, 0.3) is 0 Å². The molecule has 98 valence electrons. The second-order valence-electron chi connectivity index (χ2n) is 5.01. The monoisotopic (exact) mass is 237 g/mol. The molecule has 0 radical (unpaired) electrons. The molecule has 0 saturated heterocycles. The summed E-state index contributed by atoms with van der Waals surface area (Å²) in [5.74, 6) is 0.732. The molecule has 1 heterocycles. The molecule has 1 N–H and O–H groups in total. The zero-order valence-electron chi connectivity index (χ0n) is 11.7. The summed E-state index contributed by atoms with van der Waals surface area (Å²) in [4.78, 5) is 0. The predicted octanol–water partition coefficient (Wildman–Crippen LogP) is 2.77. The van der Waals surface area contributed by atoms with E-state index in [9.17, 15) is 0 Å². The SMILES string of the molecule is CCCCC(C)C(Cc1cnn(C)c1)NCC. The third kappa shape index (κ3) is 4.90. The van der Waals surface area contributed by atoms with Gasteiger partial charge in [0.05, 0.1) is 6.20 Å². The molecule has 0 amide bonds. The van der Waals surface area contributed by atoms with Crippen LogP contribution in [0, 0.1) is 5.92 Å². The number of unbranched alkanes of at least 4 members (excludes halogenated alkanes) is 1. The van der Waals surface area contributed by atoms with E-state index in [-0.39, 0.29) is 0 Å². The number of nitrogens with one attached hydrogen (secondary N) is 1. The molecule has 2 unspecified atom stereocenters. The number of aromatic nitrogens is 2. The van der Waals surface area contributed by atoms with Gasteiger partial charge in [0, 0.05) is 19.3 Å². The maximum absolute atomic E-state index is 4.24. The second-order valence-corrected chi connectivity index (χ2v) is 5.01. The van der Waals surface area contributed by atoms with Crippen LogP contribution in [-0.4, -0.2) is 22.4 Å². The highest BCUT2D eigenvalue weighted by molar-refractivity contribution is 5.06. The zero-order valence-corrected chi connectivity index (χ0v) is 11.7. The molecule has 0 aromatic carbocycles. The van der Waals surface area contributed by atoms with Crippen molar-refractivity contribution in [3.63, 3.8) is 0 Å². The standard InChI is InChI=1S/C14H27N3/c1-5-7-8-12(3)14(15-6-2)9-13-10-16-17(4)11-13/h10-12,14-15H,5-9H2,1-4H3. The number of hydrogen-bond acceptors (Lipinski definition) is 2. The van der Waals surface area contributed by atoms with Crippen LogP contribution in [0.3, 0.4) is 0 Å². The summed E-state index contributed by atoms with van der Waals surface area (Å²) in [5, 5.41) is 7.85. The van der Waals surface area contributed by atoms with Gasteiger partial charge in [-0.15, -0.1) is 0 Å². The molecule has 1 rings (SSSR count). The van der Waals surface area contributed by atoms with E-state index in [4.69, 9.17) is 0 Å². The van der Waals surface area contributed by atoms with Gasteiger partial charge in [0.1, 0.15) is 0 Å². The van der Waals surface area contributed by atoms with Crippen molar-refractivity contribution in [2.75, 3.05) is 6.54 Å². The van der Waals surface area contributed by atoms with Crippen molar-refractivity contribution in [3.8, 4) is 0 Å². The fraction of sp³-hybridized carbons (Fsp3) is 0.786. The van der Waals surface area contributed by atoms with Gasteiger partial charge in [0.2, 0.25) is 0 Å². The van der Waals surface area contributed by atoms with Crippen LogP contribution in [0.2, 0.25) is 0 Å². The third-order valence-electron chi connectivity index (χ3n) is 3.38. The summed E-state index contributed by atoms with van der Waals surface area (Å²) in [7, 11) is 1.98. The molecule has 0 bridgehead atoms. The molecule has 0 aliphatic carbocycles. The highest BCUT2D eigenvalue weighted by Gasteiger charge is 2.16. The summed E-state index contributed by atoms with van der Waals surface area (Å²) in [6.07, 6.45) is 9.13. The zero-order chi connectivity index (χ0) is 12.7. The fourth-order valence-corrected chi connectivity index (χ4v) is 2.30. The molecule has 0 saturated carbocycles. The molecule has 1 aromatic rings. The molecule has 0 aliphatic heterocycles. The van der Waals surface area contributed by atoms with Crippen LogP contribution in [0.25, 0.3) is 0 Å². The Hall–Kier alpha value is -0.830. The summed E-state index contributed by atoms with van der Waals surface area (Å²) in [6, 6.07) is 0.579. The lowest BCUT2D eigenvalue weighted by atomic mass is 9.91. The first-order valence-corrected chi connectivity index (χ1v) is 6.88. The Morgan fingerprint density at radius 3 is 2.71 bits per heavy atom. The molecule has 3 heteroatoms. The lowest BCUT2D eigenvalue weighted by Crippen LogP contribution is -2.36. The van der Waals surface area contributed by atoms with Crippen molar-refractivity contribution in [1.29, 1.82) is 0 Å². The van der Waals surface area contributed by atoms with Gasteiger partial charge < -0.3 is 5.32 Å². The quantitative estimate of drug-likeness (QED) is 0.753. The Morgan fingerprint density at radius 1 is 1.41 bits per heavy atom. The smallest absolute Gasteiger partial charge is 0.0522 e. The Labute approximate surface area is 106 Å². The van der Waals surface area contributed by atoms with Crippen LogP contribution in [0.1, 0.15) is 45.6 Å². The van der Waals surface area contributed by atoms with Gasteiger partial charge in [-0.1, -0.05) is 33.6 Å². The van der Waals surface area contributed by atoms with Crippen LogP contribution in [-0.2, 0) is 13.5 Å². The lowest BCUT2D eigenvalue weighted by Gasteiger charge is -2.24. The van der Waals surface area contributed by atoms with E-state index >= 15 is 0 Å². The van der Waals surface area contributed by atoms with Crippen molar-refractivity contribution >= 4 is 0 Å². The number of aryl methyl sites for hydroxylation is 1. The van der Waals surface area contributed by atoms with Crippen LogP contribution in [0.5, 0.6) is 0 Å². The Bertz CT molecular complexity index is 306. The number of nitrogens with zero attached hydrogens (tertiary/aromatic N) is 2. The maximum atomic E-state index is 4.24. The van der Waals surface area contributed by atoms with Gasteiger partial charge in [-0.2, -0.15) is 5.10 Å². The summed E-state index contributed by atoms with van der Waals surface area (Å²) < 4.78 is 1.88. The molecule has 17 heavy (non-hydrogen) atoms. The average molecular weight is 237 g/mol. The van der Waals surface area contributed by atoms with Gasteiger partial charge in [0.15, 0.2) is 0 Å². The van der Waals surface area contributed by atoms with Gasteiger partial charge in [-0.3, -0.25) is 4.68 Å². The molecule has 1 aromatic heterocycles. The minimum absolute atomic E-state index is 0.579. The fourth-order valence-electron chi connectivity index (χ4n) is 2.30. The lowest BCUT2D eigenvalue weighted by molar-refractivity contribution is 0.352. The largest absolute Gasteiger partial charge is 0.314 e. The van der Waals surface area contributed by atoms with E-state index in [1.807, 2.05) is 17.9 Å². The highest BCUT2D eigenvalue weighted by Crippen LogP contribution is 2.16. The van der Waals surface area contributed by atoms with E-state index < -0.39 is 0 Å². The molecular weight excluding hydrogens is 210 g/mol. The van der Waals surface area contributed by atoms with E-state index in [0.29, 0.717) is 6.04 Å². The summed E-state index contributed by atoms with van der Waals surface area (Å²) in [6.45, 7) is 7.85. The van der Waals surface area contributed by atoms with Gasteiger partial charge in [-0.05, 0) is 30.9 Å². The number of hydrogen-bond donors (Lipinski definition) is 1. The Balaban J connectivity index is 2.52. The van der Waals surface area contributed by atoms with Crippen LogP contribution < -0.4 is 5.32 Å². The molecule has 3 nitrogen and oxygen atoms in total. The summed E-state index contributed by atoms with van der Waals surface area (Å²) in [5.41, 5.74) is 1.33. The van der Waals surface area contributed by atoms with Crippen molar-refractivity contribution in [3.05, 3.63) is 18.0 Å². The molecule has 0 aliphatic rings. The van der Waals surface area contributed by atoms with Crippen molar-refractivity contribution in [1.82, 2.24) is 15.1 Å². The van der Waals surface area contributed by atoms with E-state index in [2.05, 4.69) is 37.4 Å². The van der Waals surface area contributed by atoms with Gasteiger partial charge >= 0.3 is 0 Å². The van der Waals surface area contributed by atoms with Crippen LogP contribution in [0.4, 0.5) is 0 Å². The maximum Gasteiger partial charge on any atom is 0.0522 e.